The summed E-state index contributed by atoms with van der Waals surface area (Å²) in [5.74, 6) is -0.583. The summed E-state index contributed by atoms with van der Waals surface area (Å²) >= 11 is 0. The van der Waals surface area contributed by atoms with Crippen LogP contribution < -0.4 is 5.32 Å². The molecule has 114 valence electrons. The third kappa shape index (κ3) is 4.27. The van der Waals surface area contributed by atoms with E-state index in [1.165, 1.54) is 18.2 Å². The molecule has 0 aliphatic carbocycles. The largest absolute Gasteiger partial charge is 0.343 e. The molecule has 1 aromatic carbocycles. The van der Waals surface area contributed by atoms with Crippen molar-refractivity contribution in [2.75, 3.05) is 19.6 Å². The van der Waals surface area contributed by atoms with Crippen molar-refractivity contribution in [2.24, 2.45) is 0 Å². The first kappa shape index (κ1) is 16.6. The zero-order valence-electron chi connectivity index (χ0n) is 12.4. The average Bonchev–Trinajstić information content (AvgIpc) is 2.45. The number of benzene rings is 1. The maximum atomic E-state index is 11.9. The second-order valence-electron chi connectivity index (χ2n) is 4.51. The lowest BCUT2D eigenvalue weighted by Crippen LogP contribution is -2.40. The minimum atomic E-state index is -0.499. The second kappa shape index (κ2) is 7.37. The number of carbonyl (C=O) groups excluding carboxylic acids is 2. The van der Waals surface area contributed by atoms with Gasteiger partial charge in [0.25, 0.3) is 11.6 Å². The molecular formula is C14H19N3O4. The predicted octanol–water partition coefficient (Wildman–Crippen LogP) is 1.50. The van der Waals surface area contributed by atoms with E-state index in [4.69, 9.17) is 0 Å². The van der Waals surface area contributed by atoms with Crippen LogP contribution in [-0.2, 0) is 4.79 Å². The highest BCUT2D eigenvalue weighted by molar-refractivity contribution is 5.96. The Bertz CT molecular complexity index is 553. The van der Waals surface area contributed by atoms with Crippen LogP contribution in [0.25, 0.3) is 0 Å². The summed E-state index contributed by atoms with van der Waals surface area (Å²) in [6.45, 7) is 6.38. The molecule has 0 radical (unpaired) electrons. The van der Waals surface area contributed by atoms with Gasteiger partial charge in [0.15, 0.2) is 0 Å². The van der Waals surface area contributed by atoms with Gasteiger partial charge in [-0.1, -0.05) is 0 Å². The smallest absolute Gasteiger partial charge is 0.272 e. The summed E-state index contributed by atoms with van der Waals surface area (Å²) in [4.78, 5) is 35.5. The van der Waals surface area contributed by atoms with Crippen molar-refractivity contribution in [2.45, 2.75) is 20.8 Å². The van der Waals surface area contributed by atoms with Crippen molar-refractivity contribution in [3.63, 3.8) is 0 Å². The molecule has 0 fully saturated rings. The number of likely N-dealkylation sites (N-methyl/N-ethyl adjacent to an activating group) is 1. The molecule has 0 unspecified atom stereocenters. The minimum Gasteiger partial charge on any atom is -0.343 e. The molecule has 7 nitrogen and oxygen atoms in total. The number of hydrogen-bond donors (Lipinski definition) is 1. The molecule has 1 aromatic rings. The molecule has 0 aliphatic heterocycles. The van der Waals surface area contributed by atoms with Crippen molar-refractivity contribution < 1.29 is 14.5 Å². The Morgan fingerprint density at radius 1 is 1.29 bits per heavy atom. The van der Waals surface area contributed by atoms with Gasteiger partial charge in [0, 0.05) is 30.3 Å². The summed E-state index contributed by atoms with van der Waals surface area (Å²) in [5.41, 5.74) is 0.666. The van der Waals surface area contributed by atoms with Crippen molar-refractivity contribution in [1.29, 1.82) is 0 Å². The Morgan fingerprint density at radius 2 is 1.90 bits per heavy atom. The van der Waals surface area contributed by atoms with Gasteiger partial charge in [-0.05, 0) is 32.9 Å². The van der Waals surface area contributed by atoms with Crippen molar-refractivity contribution in [1.82, 2.24) is 10.2 Å². The molecule has 7 heteroatoms. The predicted molar refractivity (Wildman–Crippen MR) is 78.1 cm³/mol. The Kier molecular flexibility index (Phi) is 5.83. The quantitative estimate of drug-likeness (QED) is 0.635. The molecule has 0 aromatic heterocycles. The number of carbonyl (C=O) groups is 2. The number of nitrogens with one attached hydrogen (secondary N) is 1. The van der Waals surface area contributed by atoms with Crippen LogP contribution in [-0.4, -0.2) is 41.3 Å². The third-order valence-electron chi connectivity index (χ3n) is 3.17. The lowest BCUT2D eigenvalue weighted by Gasteiger charge is -2.18. The first-order valence-electron chi connectivity index (χ1n) is 6.71. The van der Waals surface area contributed by atoms with Crippen LogP contribution in [0.1, 0.15) is 29.8 Å². The van der Waals surface area contributed by atoms with E-state index in [0.29, 0.717) is 24.2 Å². The summed E-state index contributed by atoms with van der Waals surface area (Å²) in [6, 6.07) is 4.11. The van der Waals surface area contributed by atoms with Crippen LogP contribution in [0.15, 0.2) is 18.2 Å². The van der Waals surface area contributed by atoms with Gasteiger partial charge in [-0.15, -0.1) is 0 Å². The van der Waals surface area contributed by atoms with E-state index in [2.05, 4.69) is 5.32 Å². The summed E-state index contributed by atoms with van der Waals surface area (Å²) in [7, 11) is 0. The SMILES string of the molecule is CCN(CC)C(=O)CNC(=O)c1ccc([N+](=O)[O-])c(C)c1. The number of rotatable bonds is 6. The standard InChI is InChI=1S/C14H19N3O4/c1-4-16(5-2)13(18)9-15-14(19)11-6-7-12(17(20)21)10(3)8-11/h6-8H,4-5,9H2,1-3H3,(H,15,19). The van der Waals surface area contributed by atoms with E-state index in [1.54, 1.807) is 11.8 Å². The van der Waals surface area contributed by atoms with Gasteiger partial charge in [-0.3, -0.25) is 19.7 Å². The molecule has 0 saturated carbocycles. The topological polar surface area (TPSA) is 92.6 Å². The van der Waals surface area contributed by atoms with Crippen LogP contribution in [0.2, 0.25) is 0 Å². The molecule has 0 heterocycles. The van der Waals surface area contributed by atoms with Gasteiger partial charge in [0.1, 0.15) is 0 Å². The normalized spacial score (nSPS) is 10.0. The van der Waals surface area contributed by atoms with Crippen molar-refractivity contribution in [3.8, 4) is 0 Å². The molecule has 0 spiro atoms. The number of hydrogen-bond acceptors (Lipinski definition) is 4. The first-order chi connectivity index (χ1) is 9.90. The maximum absolute atomic E-state index is 11.9. The molecule has 1 rings (SSSR count). The van der Waals surface area contributed by atoms with E-state index in [9.17, 15) is 19.7 Å². The van der Waals surface area contributed by atoms with Crippen molar-refractivity contribution >= 4 is 17.5 Å². The summed E-state index contributed by atoms with van der Waals surface area (Å²) in [6.07, 6.45) is 0. The molecule has 21 heavy (non-hydrogen) atoms. The van der Waals surface area contributed by atoms with Crippen LogP contribution >= 0.6 is 0 Å². The molecule has 2 amide bonds. The van der Waals surface area contributed by atoms with Gasteiger partial charge in [-0.2, -0.15) is 0 Å². The highest BCUT2D eigenvalue weighted by atomic mass is 16.6. The van der Waals surface area contributed by atoms with E-state index in [-0.39, 0.29) is 18.1 Å². The highest BCUT2D eigenvalue weighted by Crippen LogP contribution is 2.18. The number of nitro benzene ring substituents is 1. The van der Waals surface area contributed by atoms with Gasteiger partial charge in [0.2, 0.25) is 5.91 Å². The van der Waals surface area contributed by atoms with Crippen LogP contribution in [0, 0.1) is 17.0 Å². The fourth-order valence-corrected chi connectivity index (χ4v) is 1.95. The molecular weight excluding hydrogens is 274 g/mol. The van der Waals surface area contributed by atoms with Crippen LogP contribution in [0.4, 0.5) is 5.69 Å². The molecule has 0 saturated heterocycles. The summed E-state index contributed by atoms with van der Waals surface area (Å²) < 4.78 is 0. The van der Waals surface area contributed by atoms with Gasteiger partial charge < -0.3 is 10.2 Å². The van der Waals surface area contributed by atoms with Crippen LogP contribution in [0.5, 0.6) is 0 Å². The molecule has 0 atom stereocenters. The Morgan fingerprint density at radius 3 is 2.38 bits per heavy atom. The highest BCUT2D eigenvalue weighted by Gasteiger charge is 2.15. The van der Waals surface area contributed by atoms with Gasteiger partial charge in [0.05, 0.1) is 11.5 Å². The van der Waals surface area contributed by atoms with E-state index in [1.807, 2.05) is 13.8 Å². The first-order valence-corrected chi connectivity index (χ1v) is 6.71. The minimum absolute atomic E-state index is 0.0363. The monoisotopic (exact) mass is 293 g/mol. The van der Waals surface area contributed by atoms with E-state index in [0.717, 1.165) is 0 Å². The number of amides is 2. The molecule has 0 aliphatic rings. The van der Waals surface area contributed by atoms with Gasteiger partial charge >= 0.3 is 0 Å². The number of aryl methyl sites for hydroxylation is 1. The van der Waals surface area contributed by atoms with E-state index < -0.39 is 10.8 Å². The number of nitrogens with zero attached hydrogens (tertiary/aromatic N) is 2. The Balaban J connectivity index is 2.70. The average molecular weight is 293 g/mol. The van der Waals surface area contributed by atoms with E-state index >= 15 is 0 Å². The lowest BCUT2D eigenvalue weighted by atomic mass is 10.1. The van der Waals surface area contributed by atoms with Gasteiger partial charge in [-0.25, -0.2) is 0 Å². The lowest BCUT2D eigenvalue weighted by molar-refractivity contribution is -0.385. The Hall–Kier alpha value is -2.44. The molecule has 0 bridgehead atoms. The fraction of sp³-hybridized carbons (Fsp3) is 0.429. The third-order valence-corrected chi connectivity index (χ3v) is 3.17. The fourth-order valence-electron chi connectivity index (χ4n) is 1.95. The van der Waals surface area contributed by atoms with Crippen LogP contribution in [0.3, 0.4) is 0 Å². The second-order valence-corrected chi connectivity index (χ2v) is 4.51. The Labute approximate surface area is 123 Å². The molecule has 1 N–H and O–H groups in total. The summed E-state index contributed by atoms with van der Waals surface area (Å²) in [5, 5.41) is 13.2. The zero-order chi connectivity index (χ0) is 16.0. The van der Waals surface area contributed by atoms with Crippen molar-refractivity contribution in [3.05, 3.63) is 39.4 Å². The number of nitro groups is 1. The maximum Gasteiger partial charge on any atom is 0.272 e. The zero-order valence-corrected chi connectivity index (χ0v) is 12.4.